The van der Waals surface area contributed by atoms with E-state index in [0.29, 0.717) is 40.5 Å². The molecule has 2 aromatic carbocycles. The summed E-state index contributed by atoms with van der Waals surface area (Å²) in [5, 5.41) is 4.57. The Bertz CT molecular complexity index is 1570. The number of nitrogens with zero attached hydrogens (tertiary/aromatic N) is 3. The average Bonchev–Trinajstić information content (AvgIpc) is 3.43. The summed E-state index contributed by atoms with van der Waals surface area (Å²) in [5.41, 5.74) is 2.99. The fourth-order valence-electron chi connectivity index (χ4n) is 6.71. The molecule has 1 spiro atoms. The normalized spacial score (nSPS) is 26.3. The number of nitrogens with one attached hydrogen (secondary N) is 1. The molecule has 40 heavy (non-hydrogen) atoms. The van der Waals surface area contributed by atoms with Gasteiger partial charge in [0.1, 0.15) is 6.54 Å². The third-order valence-corrected chi connectivity index (χ3v) is 10.2. The van der Waals surface area contributed by atoms with Crippen LogP contribution in [0.4, 0.5) is 26.3 Å². The van der Waals surface area contributed by atoms with Gasteiger partial charge in [0.15, 0.2) is 0 Å². The summed E-state index contributed by atoms with van der Waals surface area (Å²) in [4.78, 5) is 0. The molecule has 3 aromatic rings. The minimum absolute atomic E-state index is 0.126. The maximum Gasteiger partial charge on any atom is 0.416 e. The second-order valence-corrected chi connectivity index (χ2v) is 12.7. The van der Waals surface area contributed by atoms with Gasteiger partial charge in [0.25, 0.3) is 10.2 Å². The van der Waals surface area contributed by atoms with E-state index in [0.717, 1.165) is 35.2 Å². The first kappa shape index (κ1) is 27.3. The Morgan fingerprint density at radius 1 is 0.925 bits per heavy atom. The van der Waals surface area contributed by atoms with Gasteiger partial charge in [0.2, 0.25) is 0 Å². The largest absolute Gasteiger partial charge is 0.416 e. The third-order valence-electron chi connectivity index (χ3n) is 8.60. The molecule has 1 aromatic heterocycles. The van der Waals surface area contributed by atoms with Crippen molar-refractivity contribution in [1.29, 1.82) is 0 Å². The van der Waals surface area contributed by atoms with Gasteiger partial charge in [0.05, 0.1) is 22.5 Å². The average molecular weight is 585 g/mol. The van der Waals surface area contributed by atoms with Gasteiger partial charge >= 0.3 is 12.4 Å². The zero-order chi connectivity index (χ0) is 28.7. The van der Waals surface area contributed by atoms with E-state index >= 15 is 0 Å². The van der Waals surface area contributed by atoms with Crippen LogP contribution in [0.25, 0.3) is 22.5 Å². The van der Waals surface area contributed by atoms with E-state index in [4.69, 9.17) is 0 Å². The molecule has 2 bridgehead atoms. The lowest BCUT2D eigenvalue weighted by Crippen LogP contribution is -2.52. The van der Waals surface area contributed by atoms with Crippen LogP contribution in [-0.2, 0) is 36.3 Å². The van der Waals surface area contributed by atoms with Crippen molar-refractivity contribution in [3.63, 3.8) is 0 Å². The Morgan fingerprint density at radius 3 is 2.17 bits per heavy atom. The fraction of sp³-hybridized carbons (Fsp3) is 0.444. The number of alkyl halides is 6. The number of halogens is 6. The molecule has 3 atom stereocenters. The highest BCUT2D eigenvalue weighted by Crippen LogP contribution is 2.51. The Kier molecular flexibility index (Phi) is 6.17. The molecule has 6 rings (SSSR count). The molecule has 13 heteroatoms. The lowest BCUT2D eigenvalue weighted by Gasteiger charge is -2.33. The molecule has 1 saturated heterocycles. The molecule has 1 N–H and O–H groups in total. The molecule has 2 heterocycles. The van der Waals surface area contributed by atoms with Gasteiger partial charge in [-0.05, 0) is 78.5 Å². The van der Waals surface area contributed by atoms with Gasteiger partial charge < -0.3 is 0 Å². The highest BCUT2D eigenvalue weighted by Gasteiger charge is 2.60. The van der Waals surface area contributed by atoms with Crippen molar-refractivity contribution in [3.8, 4) is 22.5 Å². The minimum Gasteiger partial charge on any atom is -0.267 e. The Labute approximate surface area is 227 Å². The van der Waals surface area contributed by atoms with Crippen molar-refractivity contribution in [3.05, 3.63) is 65.2 Å². The van der Waals surface area contributed by atoms with E-state index in [-0.39, 0.29) is 18.4 Å². The third kappa shape index (κ3) is 4.71. The van der Waals surface area contributed by atoms with Crippen LogP contribution in [0, 0.1) is 11.8 Å². The van der Waals surface area contributed by atoms with Gasteiger partial charge in [-0.2, -0.15) is 48.9 Å². The van der Waals surface area contributed by atoms with Gasteiger partial charge in [-0.15, -0.1) is 0 Å². The first-order valence-corrected chi connectivity index (χ1v) is 14.3. The second kappa shape index (κ2) is 9.05. The molecular formula is C27H26F6N4O2S. The summed E-state index contributed by atoms with van der Waals surface area (Å²) in [6, 6.07) is 12.5. The van der Waals surface area contributed by atoms with Gasteiger partial charge in [-0.1, -0.05) is 24.3 Å². The van der Waals surface area contributed by atoms with Crippen LogP contribution in [0.2, 0.25) is 0 Å². The molecule has 0 amide bonds. The first-order valence-electron chi connectivity index (χ1n) is 12.8. The van der Waals surface area contributed by atoms with E-state index < -0.39 is 40.2 Å². The maximum absolute atomic E-state index is 13.1. The number of aryl methyl sites for hydroxylation is 1. The van der Waals surface area contributed by atoms with Crippen molar-refractivity contribution >= 4 is 10.2 Å². The number of aromatic nitrogens is 2. The van der Waals surface area contributed by atoms with Crippen LogP contribution in [0.1, 0.15) is 29.5 Å². The summed E-state index contributed by atoms with van der Waals surface area (Å²) in [6.45, 7) is -1.72. The van der Waals surface area contributed by atoms with Gasteiger partial charge in [-0.3, -0.25) is 4.68 Å². The van der Waals surface area contributed by atoms with E-state index in [1.54, 1.807) is 17.8 Å². The first-order chi connectivity index (χ1) is 18.6. The predicted octanol–water partition coefficient (Wildman–Crippen LogP) is 5.35. The Balaban J connectivity index is 1.28. The zero-order valence-corrected chi connectivity index (χ0v) is 22.2. The van der Waals surface area contributed by atoms with E-state index in [1.807, 2.05) is 18.2 Å². The molecule has 214 valence electrons. The van der Waals surface area contributed by atoms with Crippen molar-refractivity contribution < 1.29 is 34.8 Å². The summed E-state index contributed by atoms with van der Waals surface area (Å²) in [6.07, 6.45) is -6.56. The summed E-state index contributed by atoms with van der Waals surface area (Å²) in [5.74, 6) is -0.285. The quantitative estimate of drug-likeness (QED) is 0.423. The second-order valence-electron chi connectivity index (χ2n) is 11.0. The monoisotopic (exact) mass is 584 g/mol. The van der Waals surface area contributed by atoms with Gasteiger partial charge in [-0.25, -0.2) is 0 Å². The highest BCUT2D eigenvalue weighted by molar-refractivity contribution is 7.87. The van der Waals surface area contributed by atoms with E-state index in [9.17, 15) is 34.8 Å². The molecule has 6 nitrogen and oxygen atoms in total. The number of benzene rings is 2. The van der Waals surface area contributed by atoms with E-state index in [1.165, 1.54) is 12.1 Å². The molecule has 1 saturated carbocycles. The Morgan fingerprint density at radius 2 is 1.55 bits per heavy atom. The number of rotatable bonds is 3. The minimum atomic E-state index is -4.64. The van der Waals surface area contributed by atoms with Crippen LogP contribution >= 0.6 is 0 Å². The summed E-state index contributed by atoms with van der Waals surface area (Å²) < 4.78 is 109. The molecule has 0 radical (unpaired) electrons. The molecule has 2 aliphatic carbocycles. The lowest BCUT2D eigenvalue weighted by atomic mass is 9.79. The topological polar surface area (TPSA) is 67.2 Å². The fourth-order valence-corrected chi connectivity index (χ4v) is 8.42. The number of fused-ring (bicyclic) bond motifs is 1. The number of hydrogen-bond donors (Lipinski definition) is 1. The van der Waals surface area contributed by atoms with Crippen LogP contribution in [0.15, 0.2) is 48.5 Å². The van der Waals surface area contributed by atoms with Crippen molar-refractivity contribution in [1.82, 2.24) is 18.8 Å². The van der Waals surface area contributed by atoms with Crippen molar-refractivity contribution in [2.24, 2.45) is 18.9 Å². The van der Waals surface area contributed by atoms with E-state index in [2.05, 4.69) is 9.82 Å². The van der Waals surface area contributed by atoms with Crippen LogP contribution < -0.4 is 4.72 Å². The summed E-state index contributed by atoms with van der Waals surface area (Å²) in [7, 11) is -2.55. The molecule has 1 aliphatic heterocycles. The molecule has 3 aliphatic rings. The highest BCUT2D eigenvalue weighted by atomic mass is 32.2. The predicted molar refractivity (Wildman–Crippen MR) is 135 cm³/mol. The van der Waals surface area contributed by atoms with Crippen LogP contribution in [-0.4, -0.2) is 47.3 Å². The van der Waals surface area contributed by atoms with Crippen LogP contribution in [0.5, 0.6) is 0 Å². The smallest absolute Gasteiger partial charge is 0.267 e. The maximum atomic E-state index is 13.1. The lowest BCUT2D eigenvalue weighted by molar-refractivity contribution is -0.138. The zero-order valence-electron chi connectivity index (χ0n) is 21.4. The SMILES string of the molecule is Cn1nc(-c2ccc3c(c2)C[C@H]2CC[C@@H](C3)[C@]23CN(CC(F)(F)F)S(=O)(=O)N3)cc1-c1ccc(C(F)(F)F)cc1. The molecule has 0 unspecified atom stereocenters. The standard InChI is InChI=1S/C27H26F6N4O2S/c1-36-24(16-4-6-20(7-5-16)27(31,32)33)13-23(34-36)18-3-2-17-11-21-8-9-22(12-19(17)10-18)25(21)14-37(15-26(28,29)30)40(38,39)35-25/h2-7,10,13,21-22,35H,8-9,11-12,14-15H2,1H3/t21-,22+,25+/m0/s1. The Hall–Kier alpha value is -2.90. The van der Waals surface area contributed by atoms with Crippen molar-refractivity contribution in [2.45, 2.75) is 43.6 Å². The molecular weight excluding hydrogens is 558 g/mol. The molecule has 2 fully saturated rings. The van der Waals surface area contributed by atoms with Gasteiger partial charge in [0, 0.05) is 19.2 Å². The summed E-state index contributed by atoms with van der Waals surface area (Å²) >= 11 is 0. The van der Waals surface area contributed by atoms with Crippen LogP contribution in [0.3, 0.4) is 0 Å². The van der Waals surface area contributed by atoms with Crippen molar-refractivity contribution in [2.75, 3.05) is 13.1 Å². The number of hydrogen-bond acceptors (Lipinski definition) is 3.